The SMILES string of the molecule is CCCCN(CCCC)c1cccc(C=CC2=CC(=C(C#N)C#N)C=C(C=Cc3cccc(N(CCCC)CCCC)c3)O2)c1. The second kappa shape index (κ2) is 19.7. The zero-order chi connectivity index (χ0) is 32.3. The molecule has 0 saturated carbocycles. The molecule has 1 heterocycles. The van der Waals surface area contributed by atoms with Gasteiger partial charge in [-0.25, -0.2) is 0 Å². The first-order valence-corrected chi connectivity index (χ1v) is 16.8. The summed E-state index contributed by atoms with van der Waals surface area (Å²) in [6.07, 6.45) is 20.8. The second-order valence-electron chi connectivity index (χ2n) is 11.5. The van der Waals surface area contributed by atoms with Crippen LogP contribution in [0, 0.1) is 22.7 Å². The molecule has 1 aliphatic heterocycles. The molecule has 1 aliphatic rings. The van der Waals surface area contributed by atoms with E-state index in [4.69, 9.17) is 4.74 Å². The van der Waals surface area contributed by atoms with E-state index in [0.717, 1.165) is 37.3 Å². The number of hydrogen-bond acceptors (Lipinski definition) is 5. The van der Waals surface area contributed by atoms with Crippen molar-refractivity contribution < 1.29 is 4.74 Å². The standard InChI is InChI=1S/C40H50N4O/c1-5-9-23-43(24-10-6-2)37-17-13-15-33(27-37)19-21-39-29-35(36(31-41)32-42)30-40(45-39)22-20-34-16-14-18-38(28-34)44(25-11-7-3)26-12-8-4/h13-22,27-30H,5-12,23-26H2,1-4H3. The van der Waals surface area contributed by atoms with Crippen molar-refractivity contribution >= 4 is 23.5 Å². The first kappa shape index (κ1) is 35.0. The number of nitrogens with zero attached hydrogens (tertiary/aromatic N) is 4. The topological polar surface area (TPSA) is 63.3 Å². The molecule has 0 saturated heterocycles. The molecular weight excluding hydrogens is 552 g/mol. The van der Waals surface area contributed by atoms with Crippen LogP contribution < -0.4 is 9.80 Å². The molecule has 45 heavy (non-hydrogen) atoms. The molecule has 0 radical (unpaired) electrons. The average Bonchev–Trinajstić information content (AvgIpc) is 3.07. The number of hydrogen-bond donors (Lipinski definition) is 0. The Morgan fingerprint density at radius 3 is 1.38 bits per heavy atom. The Kier molecular flexibility index (Phi) is 15.3. The molecule has 3 rings (SSSR count). The summed E-state index contributed by atoms with van der Waals surface area (Å²) in [7, 11) is 0. The molecule has 0 fully saturated rings. The lowest BCUT2D eigenvalue weighted by atomic mass is 10.0. The van der Waals surface area contributed by atoms with Gasteiger partial charge in [-0.15, -0.1) is 0 Å². The molecule has 0 N–H and O–H groups in total. The minimum atomic E-state index is 0.0593. The quantitative estimate of drug-likeness (QED) is 0.159. The van der Waals surface area contributed by atoms with Crippen molar-refractivity contribution in [1.82, 2.24) is 0 Å². The van der Waals surface area contributed by atoms with Crippen LogP contribution in [0.5, 0.6) is 0 Å². The molecule has 0 unspecified atom stereocenters. The van der Waals surface area contributed by atoms with Gasteiger partial charge in [0.05, 0.1) is 0 Å². The number of benzene rings is 2. The molecule has 236 valence electrons. The van der Waals surface area contributed by atoms with Crippen LogP contribution in [0.4, 0.5) is 11.4 Å². The smallest absolute Gasteiger partial charge is 0.137 e. The van der Waals surface area contributed by atoms with Crippen LogP contribution in [0.15, 0.2) is 95.5 Å². The Labute approximate surface area is 272 Å². The minimum absolute atomic E-state index is 0.0593. The van der Waals surface area contributed by atoms with E-state index in [1.54, 1.807) is 12.2 Å². The van der Waals surface area contributed by atoms with E-state index in [1.807, 2.05) is 36.4 Å². The fourth-order valence-corrected chi connectivity index (χ4v) is 5.15. The summed E-state index contributed by atoms with van der Waals surface area (Å²) in [4.78, 5) is 4.95. The molecule has 2 aromatic carbocycles. The third-order valence-electron chi connectivity index (χ3n) is 7.82. The Bertz CT molecular complexity index is 1340. The molecule has 0 spiro atoms. The van der Waals surface area contributed by atoms with E-state index >= 15 is 0 Å². The van der Waals surface area contributed by atoms with Gasteiger partial charge in [0.2, 0.25) is 0 Å². The van der Waals surface area contributed by atoms with Crippen LogP contribution in [-0.2, 0) is 4.74 Å². The van der Waals surface area contributed by atoms with E-state index in [1.165, 1.54) is 62.7 Å². The number of allylic oxidation sites excluding steroid dienone is 6. The van der Waals surface area contributed by atoms with E-state index in [0.29, 0.717) is 17.1 Å². The van der Waals surface area contributed by atoms with Gasteiger partial charge in [-0.1, -0.05) is 89.8 Å². The zero-order valence-corrected chi connectivity index (χ0v) is 27.8. The zero-order valence-electron chi connectivity index (χ0n) is 27.8. The largest absolute Gasteiger partial charge is 0.457 e. The first-order chi connectivity index (χ1) is 22.0. The van der Waals surface area contributed by atoms with Crippen LogP contribution in [-0.4, -0.2) is 26.2 Å². The first-order valence-electron chi connectivity index (χ1n) is 16.8. The fraction of sp³-hybridized carbons (Fsp3) is 0.400. The molecule has 0 aliphatic carbocycles. The van der Waals surface area contributed by atoms with Crippen molar-refractivity contribution in [1.29, 1.82) is 10.5 Å². The summed E-state index contributed by atoms with van der Waals surface area (Å²) in [5.41, 5.74) is 5.19. The van der Waals surface area contributed by atoms with Gasteiger partial charge in [0.25, 0.3) is 0 Å². The molecule has 0 bridgehead atoms. The van der Waals surface area contributed by atoms with Gasteiger partial charge in [0.15, 0.2) is 0 Å². The van der Waals surface area contributed by atoms with Gasteiger partial charge < -0.3 is 14.5 Å². The highest BCUT2D eigenvalue weighted by Crippen LogP contribution is 2.26. The highest BCUT2D eigenvalue weighted by Gasteiger charge is 2.13. The number of ether oxygens (including phenoxy) is 1. The van der Waals surface area contributed by atoms with Crippen molar-refractivity contribution in [2.24, 2.45) is 0 Å². The molecule has 5 nitrogen and oxygen atoms in total. The lowest BCUT2D eigenvalue weighted by molar-refractivity contribution is 0.332. The van der Waals surface area contributed by atoms with Gasteiger partial charge >= 0.3 is 0 Å². The maximum absolute atomic E-state index is 9.60. The van der Waals surface area contributed by atoms with Crippen LogP contribution in [0.1, 0.15) is 90.2 Å². The van der Waals surface area contributed by atoms with Crippen LogP contribution >= 0.6 is 0 Å². The fourth-order valence-electron chi connectivity index (χ4n) is 5.15. The summed E-state index contributed by atoms with van der Waals surface area (Å²) in [6.45, 7) is 13.1. The normalized spacial score (nSPS) is 12.8. The number of anilines is 2. The second-order valence-corrected chi connectivity index (χ2v) is 11.5. The third-order valence-corrected chi connectivity index (χ3v) is 7.82. The molecule has 0 aromatic heterocycles. The van der Waals surface area contributed by atoms with Crippen molar-refractivity contribution in [2.75, 3.05) is 36.0 Å². The summed E-state index contributed by atoms with van der Waals surface area (Å²) in [5, 5.41) is 19.2. The number of nitriles is 2. The monoisotopic (exact) mass is 602 g/mol. The maximum atomic E-state index is 9.60. The number of rotatable bonds is 18. The molecule has 2 aromatic rings. The van der Waals surface area contributed by atoms with Crippen molar-refractivity contribution in [3.8, 4) is 12.1 Å². The number of unbranched alkanes of at least 4 members (excludes halogenated alkanes) is 4. The highest BCUT2D eigenvalue weighted by atomic mass is 16.5. The Hall–Kier alpha value is -4.48. The molecule has 0 atom stereocenters. The van der Waals surface area contributed by atoms with Gasteiger partial charge in [-0.2, -0.15) is 10.5 Å². The van der Waals surface area contributed by atoms with Crippen molar-refractivity contribution in [3.05, 3.63) is 107 Å². The van der Waals surface area contributed by atoms with Crippen LogP contribution in [0.2, 0.25) is 0 Å². The predicted molar refractivity (Wildman–Crippen MR) is 191 cm³/mol. The van der Waals surface area contributed by atoms with E-state index in [2.05, 4.69) is 86.0 Å². The molecule has 0 amide bonds. The van der Waals surface area contributed by atoms with Gasteiger partial charge in [-0.05, 0) is 85.4 Å². The summed E-state index contributed by atoms with van der Waals surface area (Å²) in [5.74, 6) is 1.15. The van der Waals surface area contributed by atoms with Crippen molar-refractivity contribution in [3.63, 3.8) is 0 Å². The lowest BCUT2D eigenvalue weighted by Gasteiger charge is -2.25. The van der Waals surface area contributed by atoms with E-state index < -0.39 is 0 Å². The summed E-state index contributed by atoms with van der Waals surface area (Å²) < 4.78 is 6.24. The van der Waals surface area contributed by atoms with Gasteiger partial charge in [0, 0.05) is 43.1 Å². The Balaban J connectivity index is 1.84. The lowest BCUT2D eigenvalue weighted by Crippen LogP contribution is -2.25. The minimum Gasteiger partial charge on any atom is -0.457 e. The predicted octanol–water partition coefficient (Wildman–Crippen LogP) is 10.4. The highest BCUT2D eigenvalue weighted by molar-refractivity contribution is 5.64. The molecule has 5 heteroatoms. The average molecular weight is 603 g/mol. The van der Waals surface area contributed by atoms with Crippen LogP contribution in [0.25, 0.3) is 12.2 Å². The summed E-state index contributed by atoms with van der Waals surface area (Å²) >= 11 is 0. The summed E-state index contributed by atoms with van der Waals surface area (Å²) in [6, 6.07) is 21.2. The van der Waals surface area contributed by atoms with E-state index in [-0.39, 0.29) is 5.57 Å². The third kappa shape index (κ3) is 11.5. The van der Waals surface area contributed by atoms with Gasteiger partial charge in [0.1, 0.15) is 29.2 Å². The Morgan fingerprint density at radius 2 is 1.02 bits per heavy atom. The maximum Gasteiger partial charge on any atom is 0.137 e. The van der Waals surface area contributed by atoms with Crippen LogP contribution in [0.3, 0.4) is 0 Å². The Morgan fingerprint density at radius 1 is 0.622 bits per heavy atom. The molecular formula is C40H50N4O. The van der Waals surface area contributed by atoms with Crippen molar-refractivity contribution in [2.45, 2.75) is 79.1 Å². The van der Waals surface area contributed by atoms with E-state index in [9.17, 15) is 10.5 Å². The van der Waals surface area contributed by atoms with Gasteiger partial charge in [-0.3, -0.25) is 0 Å².